The molecule has 1 unspecified atom stereocenters. The number of likely N-dealkylation sites (tertiary alicyclic amines) is 1. The highest BCUT2D eigenvalue weighted by atomic mass is 16.5. The summed E-state index contributed by atoms with van der Waals surface area (Å²) in [5, 5.41) is 3.43. The Balaban J connectivity index is 1.60. The van der Waals surface area contributed by atoms with Gasteiger partial charge in [-0.05, 0) is 63.0 Å². The SMILES string of the molecule is CC(C)N1CCC(C)(COc2ccc3c(c2)CNCC3)C1. The van der Waals surface area contributed by atoms with Gasteiger partial charge >= 0.3 is 0 Å². The highest BCUT2D eigenvalue weighted by Gasteiger charge is 2.35. The van der Waals surface area contributed by atoms with E-state index in [1.807, 2.05) is 0 Å². The maximum Gasteiger partial charge on any atom is 0.119 e. The average molecular weight is 288 g/mol. The number of ether oxygens (including phenoxy) is 1. The molecule has 0 aliphatic carbocycles. The van der Waals surface area contributed by atoms with Crippen molar-refractivity contribution in [2.75, 3.05) is 26.2 Å². The Bertz CT molecular complexity index is 500. The van der Waals surface area contributed by atoms with Crippen LogP contribution in [0.3, 0.4) is 0 Å². The zero-order chi connectivity index (χ0) is 14.9. The minimum Gasteiger partial charge on any atom is -0.493 e. The van der Waals surface area contributed by atoms with Crippen molar-refractivity contribution in [1.82, 2.24) is 10.2 Å². The lowest BCUT2D eigenvalue weighted by Crippen LogP contribution is -2.33. The minimum atomic E-state index is 0.290. The quantitative estimate of drug-likeness (QED) is 0.922. The van der Waals surface area contributed by atoms with Gasteiger partial charge in [0.15, 0.2) is 0 Å². The maximum atomic E-state index is 6.13. The molecule has 1 fully saturated rings. The molecule has 3 nitrogen and oxygen atoms in total. The number of hydrogen-bond acceptors (Lipinski definition) is 3. The van der Waals surface area contributed by atoms with Gasteiger partial charge in [-0.15, -0.1) is 0 Å². The molecule has 3 rings (SSSR count). The summed E-state index contributed by atoms with van der Waals surface area (Å²) >= 11 is 0. The fourth-order valence-corrected chi connectivity index (χ4v) is 3.42. The molecule has 116 valence electrons. The van der Waals surface area contributed by atoms with Crippen LogP contribution in [0.1, 0.15) is 38.3 Å². The molecule has 1 saturated heterocycles. The van der Waals surface area contributed by atoms with Crippen molar-refractivity contribution in [3.05, 3.63) is 29.3 Å². The number of benzene rings is 1. The van der Waals surface area contributed by atoms with Crippen LogP contribution in [0.2, 0.25) is 0 Å². The number of fused-ring (bicyclic) bond motifs is 1. The van der Waals surface area contributed by atoms with E-state index in [1.165, 1.54) is 24.1 Å². The summed E-state index contributed by atoms with van der Waals surface area (Å²) in [6, 6.07) is 7.24. The van der Waals surface area contributed by atoms with Gasteiger partial charge in [0.2, 0.25) is 0 Å². The molecule has 0 bridgehead atoms. The van der Waals surface area contributed by atoms with Gasteiger partial charge in [-0.3, -0.25) is 0 Å². The van der Waals surface area contributed by atoms with Gasteiger partial charge in [-0.25, -0.2) is 0 Å². The Labute approximate surface area is 128 Å². The fraction of sp³-hybridized carbons (Fsp3) is 0.667. The first-order valence-electron chi connectivity index (χ1n) is 8.25. The van der Waals surface area contributed by atoms with Gasteiger partial charge in [-0.1, -0.05) is 13.0 Å². The summed E-state index contributed by atoms with van der Waals surface area (Å²) in [6.07, 6.45) is 2.37. The van der Waals surface area contributed by atoms with E-state index in [4.69, 9.17) is 4.74 Å². The monoisotopic (exact) mass is 288 g/mol. The van der Waals surface area contributed by atoms with Crippen LogP contribution >= 0.6 is 0 Å². The molecule has 1 atom stereocenters. The normalized spacial score (nSPS) is 26.1. The highest BCUT2D eigenvalue weighted by Crippen LogP contribution is 2.32. The van der Waals surface area contributed by atoms with E-state index < -0.39 is 0 Å². The minimum absolute atomic E-state index is 0.290. The van der Waals surface area contributed by atoms with Gasteiger partial charge < -0.3 is 15.0 Å². The molecular formula is C18H28N2O. The van der Waals surface area contributed by atoms with Crippen molar-refractivity contribution in [1.29, 1.82) is 0 Å². The van der Waals surface area contributed by atoms with Gasteiger partial charge in [-0.2, -0.15) is 0 Å². The molecule has 0 spiro atoms. The highest BCUT2D eigenvalue weighted by molar-refractivity contribution is 5.37. The van der Waals surface area contributed by atoms with Crippen molar-refractivity contribution in [3.63, 3.8) is 0 Å². The molecule has 2 aliphatic rings. The molecule has 1 aromatic rings. The van der Waals surface area contributed by atoms with E-state index >= 15 is 0 Å². The Kier molecular flexibility index (Phi) is 4.23. The van der Waals surface area contributed by atoms with Gasteiger partial charge in [0, 0.05) is 24.5 Å². The van der Waals surface area contributed by atoms with Crippen LogP contribution in [0.5, 0.6) is 5.75 Å². The van der Waals surface area contributed by atoms with Crippen molar-refractivity contribution in [2.45, 2.75) is 46.2 Å². The first-order chi connectivity index (χ1) is 10.1. The predicted octanol–water partition coefficient (Wildman–Crippen LogP) is 2.83. The van der Waals surface area contributed by atoms with E-state index in [2.05, 4.69) is 49.2 Å². The predicted molar refractivity (Wildman–Crippen MR) is 86.8 cm³/mol. The molecule has 2 heterocycles. The zero-order valence-electron chi connectivity index (χ0n) is 13.6. The molecular weight excluding hydrogens is 260 g/mol. The van der Waals surface area contributed by atoms with E-state index in [-0.39, 0.29) is 0 Å². The molecule has 21 heavy (non-hydrogen) atoms. The second-order valence-corrected chi connectivity index (χ2v) is 7.27. The Morgan fingerprint density at radius 1 is 1.33 bits per heavy atom. The lowest BCUT2D eigenvalue weighted by Gasteiger charge is -2.27. The largest absolute Gasteiger partial charge is 0.493 e. The molecule has 0 saturated carbocycles. The molecule has 1 N–H and O–H groups in total. The van der Waals surface area contributed by atoms with Crippen molar-refractivity contribution < 1.29 is 4.74 Å². The summed E-state index contributed by atoms with van der Waals surface area (Å²) in [6.45, 7) is 12.2. The van der Waals surface area contributed by atoms with Crippen molar-refractivity contribution in [3.8, 4) is 5.75 Å². The molecule has 1 aromatic carbocycles. The summed E-state index contributed by atoms with van der Waals surface area (Å²) in [4.78, 5) is 2.56. The van der Waals surface area contributed by atoms with E-state index in [0.717, 1.165) is 38.4 Å². The first-order valence-corrected chi connectivity index (χ1v) is 8.25. The standard InChI is InChI=1S/C18H28N2O/c1-14(2)20-9-7-18(3,12-20)13-21-17-5-4-15-6-8-19-11-16(15)10-17/h4-5,10,14,19H,6-9,11-13H2,1-3H3. The smallest absolute Gasteiger partial charge is 0.119 e. The van der Waals surface area contributed by atoms with Crippen molar-refractivity contribution >= 4 is 0 Å². The number of nitrogens with zero attached hydrogens (tertiary/aromatic N) is 1. The van der Waals surface area contributed by atoms with Crippen LogP contribution < -0.4 is 10.1 Å². The van der Waals surface area contributed by atoms with Crippen molar-refractivity contribution in [2.24, 2.45) is 5.41 Å². The molecule has 0 amide bonds. The zero-order valence-corrected chi connectivity index (χ0v) is 13.6. The molecule has 2 aliphatic heterocycles. The topological polar surface area (TPSA) is 24.5 Å². The molecule has 3 heteroatoms. The summed E-state index contributed by atoms with van der Waals surface area (Å²) in [5.41, 5.74) is 3.16. The average Bonchev–Trinajstić information content (AvgIpc) is 2.88. The second-order valence-electron chi connectivity index (χ2n) is 7.27. The fourth-order valence-electron chi connectivity index (χ4n) is 3.42. The second kappa shape index (κ2) is 5.98. The van der Waals surface area contributed by atoms with Crippen LogP contribution in [0.4, 0.5) is 0 Å². The Hall–Kier alpha value is -1.06. The van der Waals surface area contributed by atoms with Gasteiger partial charge in [0.05, 0.1) is 6.61 Å². The maximum absolute atomic E-state index is 6.13. The van der Waals surface area contributed by atoms with Gasteiger partial charge in [0.25, 0.3) is 0 Å². The van der Waals surface area contributed by atoms with Crippen LogP contribution in [-0.4, -0.2) is 37.2 Å². The van der Waals surface area contributed by atoms with Crippen LogP contribution in [0.15, 0.2) is 18.2 Å². The summed E-state index contributed by atoms with van der Waals surface area (Å²) in [7, 11) is 0. The summed E-state index contributed by atoms with van der Waals surface area (Å²) in [5.74, 6) is 1.03. The lowest BCUT2D eigenvalue weighted by atomic mass is 9.91. The first kappa shape index (κ1) is 14.9. The van der Waals surface area contributed by atoms with Crippen LogP contribution in [0.25, 0.3) is 0 Å². The number of hydrogen-bond donors (Lipinski definition) is 1. The molecule has 0 radical (unpaired) electrons. The third-order valence-electron chi connectivity index (χ3n) is 4.97. The van der Waals surface area contributed by atoms with Crippen LogP contribution in [-0.2, 0) is 13.0 Å². The Morgan fingerprint density at radius 3 is 2.95 bits per heavy atom. The number of rotatable bonds is 4. The van der Waals surface area contributed by atoms with E-state index in [0.29, 0.717) is 11.5 Å². The third kappa shape index (κ3) is 3.41. The van der Waals surface area contributed by atoms with Gasteiger partial charge in [0.1, 0.15) is 5.75 Å². The third-order valence-corrected chi connectivity index (χ3v) is 4.97. The van der Waals surface area contributed by atoms with E-state index in [9.17, 15) is 0 Å². The Morgan fingerprint density at radius 2 is 2.19 bits per heavy atom. The van der Waals surface area contributed by atoms with E-state index in [1.54, 1.807) is 0 Å². The van der Waals surface area contributed by atoms with Crippen LogP contribution in [0, 0.1) is 5.41 Å². The lowest BCUT2D eigenvalue weighted by molar-refractivity contribution is 0.154. The molecule has 0 aromatic heterocycles. The summed E-state index contributed by atoms with van der Waals surface area (Å²) < 4.78 is 6.13. The number of nitrogens with one attached hydrogen (secondary N) is 1.